The fourth-order valence-corrected chi connectivity index (χ4v) is 2.72. The lowest BCUT2D eigenvalue weighted by Gasteiger charge is -2.12. The van der Waals surface area contributed by atoms with Crippen LogP contribution in [0.3, 0.4) is 0 Å². The molecule has 0 saturated carbocycles. The lowest BCUT2D eigenvalue weighted by Crippen LogP contribution is -2.12. The van der Waals surface area contributed by atoms with Gasteiger partial charge in [-0.3, -0.25) is 10.1 Å². The van der Waals surface area contributed by atoms with Gasteiger partial charge in [-0.25, -0.2) is 0 Å². The van der Waals surface area contributed by atoms with Crippen LogP contribution in [0.2, 0.25) is 0 Å². The Morgan fingerprint density at radius 3 is 2.13 bits per heavy atom. The van der Waals surface area contributed by atoms with Crippen LogP contribution in [0.25, 0.3) is 11.5 Å². The highest BCUT2D eigenvalue weighted by molar-refractivity contribution is 6.03. The van der Waals surface area contributed by atoms with E-state index in [0.29, 0.717) is 34.1 Å². The number of rotatable bonds is 8. The maximum Gasteiger partial charge on any atom is 0.322 e. The number of benzene rings is 2. The van der Waals surface area contributed by atoms with Gasteiger partial charge in [0.1, 0.15) is 5.75 Å². The largest absolute Gasteiger partial charge is 0.493 e. The summed E-state index contributed by atoms with van der Waals surface area (Å²) in [6.45, 7) is 3.86. The quantitative estimate of drug-likeness (QED) is 0.594. The minimum Gasteiger partial charge on any atom is -0.493 e. The summed E-state index contributed by atoms with van der Waals surface area (Å²) in [6.07, 6.45) is 0.0525. The molecule has 9 heteroatoms. The molecule has 1 aromatic heterocycles. The van der Waals surface area contributed by atoms with E-state index in [4.69, 9.17) is 23.4 Å². The molecule has 3 rings (SSSR count). The van der Waals surface area contributed by atoms with Crippen molar-refractivity contribution >= 4 is 11.9 Å². The molecule has 0 fully saturated rings. The van der Waals surface area contributed by atoms with E-state index in [-0.39, 0.29) is 23.9 Å². The molecular weight excluding hydrogens is 390 g/mol. The first-order valence-electron chi connectivity index (χ1n) is 9.17. The third-order valence-corrected chi connectivity index (χ3v) is 4.05. The van der Waals surface area contributed by atoms with Crippen molar-refractivity contribution in [2.75, 3.05) is 26.6 Å². The third-order valence-electron chi connectivity index (χ3n) is 4.05. The fourth-order valence-electron chi connectivity index (χ4n) is 2.72. The lowest BCUT2D eigenvalue weighted by atomic mass is 10.2. The van der Waals surface area contributed by atoms with Gasteiger partial charge in [0.15, 0.2) is 11.5 Å². The number of amides is 1. The molecule has 2 aromatic carbocycles. The van der Waals surface area contributed by atoms with Crippen molar-refractivity contribution in [2.24, 2.45) is 0 Å². The van der Waals surface area contributed by atoms with Crippen LogP contribution in [0.15, 0.2) is 40.8 Å². The van der Waals surface area contributed by atoms with Gasteiger partial charge < -0.3 is 23.4 Å². The average molecular weight is 413 g/mol. The number of anilines is 1. The molecular formula is C21H23N3O6. The number of methoxy groups -OCH3 is 3. The SMILES string of the molecule is COc1cc(-c2nnc(NC(=O)c3ccc(OC(C)C)cc3)o2)cc(OC)c1OC. The maximum absolute atomic E-state index is 12.4. The summed E-state index contributed by atoms with van der Waals surface area (Å²) in [4.78, 5) is 12.4. The summed E-state index contributed by atoms with van der Waals surface area (Å²) in [7, 11) is 4.54. The van der Waals surface area contributed by atoms with Gasteiger partial charge >= 0.3 is 6.01 Å². The molecule has 0 saturated heterocycles. The summed E-state index contributed by atoms with van der Waals surface area (Å²) >= 11 is 0. The first-order chi connectivity index (χ1) is 14.4. The Kier molecular flexibility index (Phi) is 6.41. The Balaban J connectivity index is 1.77. The number of carbonyl (C=O) groups is 1. The van der Waals surface area contributed by atoms with Gasteiger partial charge in [-0.15, -0.1) is 5.10 Å². The maximum atomic E-state index is 12.4. The van der Waals surface area contributed by atoms with E-state index in [0.717, 1.165) is 0 Å². The van der Waals surface area contributed by atoms with Crippen LogP contribution < -0.4 is 24.3 Å². The zero-order chi connectivity index (χ0) is 21.7. The molecule has 0 spiro atoms. The fraction of sp³-hybridized carbons (Fsp3) is 0.286. The van der Waals surface area contributed by atoms with E-state index in [9.17, 15) is 4.79 Å². The Bertz CT molecular complexity index is 989. The van der Waals surface area contributed by atoms with E-state index >= 15 is 0 Å². The van der Waals surface area contributed by atoms with Gasteiger partial charge in [0.05, 0.1) is 27.4 Å². The second-order valence-electron chi connectivity index (χ2n) is 6.47. The lowest BCUT2D eigenvalue weighted by molar-refractivity contribution is 0.102. The van der Waals surface area contributed by atoms with Gasteiger partial charge in [0.25, 0.3) is 5.91 Å². The van der Waals surface area contributed by atoms with Gasteiger partial charge in [-0.05, 0) is 50.2 Å². The minimum atomic E-state index is -0.383. The monoisotopic (exact) mass is 413 g/mol. The molecule has 1 heterocycles. The first-order valence-corrected chi connectivity index (χ1v) is 9.17. The molecule has 0 aliphatic carbocycles. The molecule has 9 nitrogen and oxygen atoms in total. The molecule has 3 aromatic rings. The summed E-state index contributed by atoms with van der Waals surface area (Å²) in [6, 6.07) is 10.1. The number of hydrogen-bond acceptors (Lipinski definition) is 8. The average Bonchev–Trinajstić information content (AvgIpc) is 3.21. The minimum absolute atomic E-state index is 0.0359. The van der Waals surface area contributed by atoms with Crippen LogP contribution in [0.5, 0.6) is 23.0 Å². The van der Waals surface area contributed by atoms with Crippen molar-refractivity contribution in [3.05, 3.63) is 42.0 Å². The zero-order valence-electron chi connectivity index (χ0n) is 17.4. The van der Waals surface area contributed by atoms with Gasteiger partial charge in [0.2, 0.25) is 11.6 Å². The van der Waals surface area contributed by atoms with E-state index in [1.54, 1.807) is 36.4 Å². The highest BCUT2D eigenvalue weighted by atomic mass is 16.5. The summed E-state index contributed by atoms with van der Waals surface area (Å²) in [5.41, 5.74) is 0.978. The molecule has 158 valence electrons. The highest BCUT2D eigenvalue weighted by Gasteiger charge is 2.18. The topological polar surface area (TPSA) is 105 Å². The van der Waals surface area contributed by atoms with Crippen LogP contribution in [0.1, 0.15) is 24.2 Å². The summed E-state index contributed by atoms with van der Waals surface area (Å²) in [5, 5.41) is 10.4. The highest BCUT2D eigenvalue weighted by Crippen LogP contribution is 2.41. The Morgan fingerprint density at radius 1 is 0.967 bits per heavy atom. The Morgan fingerprint density at radius 2 is 1.60 bits per heavy atom. The van der Waals surface area contributed by atoms with Crippen molar-refractivity contribution in [3.8, 4) is 34.5 Å². The van der Waals surface area contributed by atoms with Crippen LogP contribution in [-0.4, -0.2) is 43.5 Å². The molecule has 0 aliphatic rings. The second-order valence-corrected chi connectivity index (χ2v) is 6.47. The first kappa shape index (κ1) is 21.0. The van der Waals surface area contributed by atoms with Gasteiger partial charge in [-0.1, -0.05) is 5.10 Å². The smallest absolute Gasteiger partial charge is 0.322 e. The molecule has 0 unspecified atom stereocenters. The normalized spacial score (nSPS) is 10.6. The van der Waals surface area contributed by atoms with Crippen LogP contribution in [0, 0.1) is 0 Å². The number of nitrogens with zero attached hydrogens (tertiary/aromatic N) is 2. The standard InChI is InChI=1S/C21H23N3O6/c1-12(2)29-15-8-6-13(7-9-15)19(25)22-21-24-23-20(30-21)14-10-16(26-3)18(28-5)17(11-14)27-4/h6-12H,1-5H3,(H,22,24,25). The summed E-state index contributed by atoms with van der Waals surface area (Å²) < 4.78 is 27.1. The number of carbonyl (C=O) groups excluding carboxylic acids is 1. The number of hydrogen-bond donors (Lipinski definition) is 1. The van der Waals surface area contributed by atoms with Crippen molar-refractivity contribution in [2.45, 2.75) is 20.0 Å². The van der Waals surface area contributed by atoms with E-state index in [2.05, 4.69) is 15.5 Å². The van der Waals surface area contributed by atoms with E-state index in [1.807, 2.05) is 13.8 Å². The van der Waals surface area contributed by atoms with Crippen molar-refractivity contribution in [1.29, 1.82) is 0 Å². The van der Waals surface area contributed by atoms with Crippen molar-refractivity contribution in [3.63, 3.8) is 0 Å². The predicted octanol–water partition coefficient (Wildman–Crippen LogP) is 3.80. The molecule has 30 heavy (non-hydrogen) atoms. The molecule has 0 aliphatic heterocycles. The van der Waals surface area contributed by atoms with Crippen LogP contribution >= 0.6 is 0 Å². The summed E-state index contributed by atoms with van der Waals surface area (Å²) in [5.74, 6) is 1.82. The van der Waals surface area contributed by atoms with Crippen LogP contribution in [-0.2, 0) is 0 Å². The molecule has 0 bridgehead atoms. The van der Waals surface area contributed by atoms with E-state index in [1.165, 1.54) is 21.3 Å². The van der Waals surface area contributed by atoms with E-state index < -0.39 is 0 Å². The zero-order valence-corrected chi connectivity index (χ0v) is 17.4. The van der Waals surface area contributed by atoms with Gasteiger partial charge in [0, 0.05) is 11.1 Å². The van der Waals surface area contributed by atoms with Gasteiger partial charge in [-0.2, -0.15) is 0 Å². The van der Waals surface area contributed by atoms with Crippen molar-refractivity contribution in [1.82, 2.24) is 10.2 Å². The number of ether oxygens (including phenoxy) is 4. The molecule has 0 atom stereocenters. The Hall–Kier alpha value is -3.75. The molecule has 0 radical (unpaired) electrons. The number of nitrogens with one attached hydrogen (secondary N) is 1. The molecule has 1 amide bonds. The predicted molar refractivity (Wildman–Crippen MR) is 110 cm³/mol. The number of aromatic nitrogens is 2. The van der Waals surface area contributed by atoms with Crippen molar-refractivity contribution < 1.29 is 28.2 Å². The third kappa shape index (κ3) is 4.62. The van der Waals surface area contributed by atoms with Crippen LogP contribution in [0.4, 0.5) is 6.01 Å². The second kappa shape index (κ2) is 9.17. The Labute approximate surface area is 173 Å². The molecule has 1 N–H and O–H groups in total.